The molecule has 2 rings (SSSR count). The molecule has 1 aromatic carbocycles. The summed E-state index contributed by atoms with van der Waals surface area (Å²) < 4.78 is 5.75. The molecule has 0 saturated carbocycles. The molecule has 1 fully saturated rings. The van der Waals surface area contributed by atoms with Gasteiger partial charge in [-0.1, -0.05) is 20.8 Å². The van der Waals surface area contributed by atoms with Crippen LogP contribution in [0, 0.1) is 6.92 Å². The van der Waals surface area contributed by atoms with Crippen LogP contribution in [0.25, 0.3) is 0 Å². The van der Waals surface area contributed by atoms with E-state index in [1.807, 2.05) is 26.8 Å². The molecule has 5 heteroatoms. The van der Waals surface area contributed by atoms with Crippen molar-refractivity contribution < 1.29 is 19.7 Å². The molecule has 1 heterocycles. The molecule has 1 aliphatic rings. The molecule has 2 N–H and O–H groups in total. The van der Waals surface area contributed by atoms with Crippen LogP contribution in [0.3, 0.4) is 0 Å². The maximum atomic E-state index is 11.6. The number of ether oxygens (including phenoxy) is 1. The second-order valence-corrected chi connectivity index (χ2v) is 8.19. The number of phenols is 1. The summed E-state index contributed by atoms with van der Waals surface area (Å²) in [6.07, 6.45) is 3.60. The number of rotatable bonds is 4. The minimum absolute atomic E-state index is 0.0180. The lowest BCUT2D eigenvalue weighted by Gasteiger charge is -2.25. The maximum absolute atomic E-state index is 11.6. The number of benzene rings is 1. The average Bonchev–Trinajstić information content (AvgIpc) is 2.46. The summed E-state index contributed by atoms with van der Waals surface area (Å²) in [7, 11) is 0. The van der Waals surface area contributed by atoms with E-state index < -0.39 is 5.97 Å². The number of hydrogen-bond acceptors (Lipinski definition) is 4. The summed E-state index contributed by atoms with van der Waals surface area (Å²) in [5, 5.41) is 19.9. The normalized spacial score (nSPS) is 18.9. The molecule has 0 aliphatic carbocycles. The van der Waals surface area contributed by atoms with Gasteiger partial charge in [-0.15, -0.1) is 11.8 Å². The van der Waals surface area contributed by atoms with E-state index in [-0.39, 0.29) is 22.8 Å². The molecular formula is C18H26O4S. The zero-order chi connectivity index (χ0) is 17.2. The molecule has 1 atom stereocenters. The molecular weight excluding hydrogens is 312 g/mol. The standard InChI is InChI=1S/C18H26O4S/c1-11-14(23-10-12-7-5-6-8-22-12)9-13(18(2,3)4)16(19)15(11)17(20)21/h9,12,19H,5-8,10H2,1-4H3,(H,20,21). The van der Waals surface area contributed by atoms with E-state index in [9.17, 15) is 15.0 Å². The highest BCUT2D eigenvalue weighted by molar-refractivity contribution is 7.99. The van der Waals surface area contributed by atoms with Crippen molar-refractivity contribution in [1.29, 1.82) is 0 Å². The molecule has 1 unspecified atom stereocenters. The zero-order valence-electron chi connectivity index (χ0n) is 14.3. The molecule has 0 aromatic heterocycles. The van der Waals surface area contributed by atoms with Crippen molar-refractivity contribution in [3.8, 4) is 5.75 Å². The molecule has 1 aromatic rings. The van der Waals surface area contributed by atoms with E-state index in [0.717, 1.165) is 30.1 Å². The largest absolute Gasteiger partial charge is 0.507 e. The summed E-state index contributed by atoms with van der Waals surface area (Å²) in [5.41, 5.74) is 0.999. The van der Waals surface area contributed by atoms with Crippen LogP contribution in [0.4, 0.5) is 0 Å². The van der Waals surface area contributed by atoms with Gasteiger partial charge in [-0.05, 0) is 43.2 Å². The lowest BCUT2D eigenvalue weighted by molar-refractivity contribution is 0.0315. The summed E-state index contributed by atoms with van der Waals surface area (Å²) >= 11 is 1.62. The number of thioether (sulfide) groups is 1. The highest BCUT2D eigenvalue weighted by Crippen LogP contribution is 2.40. The predicted molar refractivity (Wildman–Crippen MR) is 92.8 cm³/mol. The van der Waals surface area contributed by atoms with Gasteiger partial charge < -0.3 is 14.9 Å². The van der Waals surface area contributed by atoms with Gasteiger partial charge in [0.25, 0.3) is 0 Å². The number of aromatic hydroxyl groups is 1. The zero-order valence-corrected chi connectivity index (χ0v) is 15.1. The SMILES string of the molecule is Cc1c(SCC2CCCCO2)cc(C(C)(C)C)c(O)c1C(=O)O. The minimum Gasteiger partial charge on any atom is -0.507 e. The molecule has 1 aliphatic heterocycles. The highest BCUT2D eigenvalue weighted by atomic mass is 32.2. The fraction of sp³-hybridized carbons (Fsp3) is 0.611. The van der Waals surface area contributed by atoms with Crippen molar-refractivity contribution in [2.45, 2.75) is 63.4 Å². The Balaban J connectivity index is 2.34. The van der Waals surface area contributed by atoms with Crippen molar-refractivity contribution >= 4 is 17.7 Å². The Labute approximate surface area is 142 Å². The van der Waals surface area contributed by atoms with Crippen molar-refractivity contribution in [1.82, 2.24) is 0 Å². The van der Waals surface area contributed by atoms with Crippen LogP contribution in [0.5, 0.6) is 5.75 Å². The molecule has 0 amide bonds. The monoisotopic (exact) mass is 338 g/mol. The third-order valence-electron chi connectivity index (χ3n) is 4.23. The van der Waals surface area contributed by atoms with Gasteiger partial charge in [0.05, 0.1) is 6.10 Å². The van der Waals surface area contributed by atoms with Crippen LogP contribution < -0.4 is 0 Å². The fourth-order valence-electron chi connectivity index (χ4n) is 2.85. The van der Waals surface area contributed by atoms with Gasteiger partial charge in [-0.2, -0.15) is 0 Å². The smallest absolute Gasteiger partial charge is 0.339 e. The lowest BCUT2D eigenvalue weighted by atomic mass is 9.84. The molecule has 0 bridgehead atoms. The Morgan fingerprint density at radius 2 is 2.09 bits per heavy atom. The first-order valence-electron chi connectivity index (χ1n) is 8.06. The molecule has 0 radical (unpaired) electrons. The van der Waals surface area contributed by atoms with E-state index in [2.05, 4.69) is 0 Å². The van der Waals surface area contributed by atoms with Crippen LogP contribution >= 0.6 is 11.8 Å². The third-order valence-corrected chi connectivity index (χ3v) is 5.51. The topological polar surface area (TPSA) is 66.8 Å². The van der Waals surface area contributed by atoms with Gasteiger partial charge >= 0.3 is 5.97 Å². The third kappa shape index (κ3) is 4.21. The number of hydrogen-bond donors (Lipinski definition) is 2. The minimum atomic E-state index is -1.08. The molecule has 23 heavy (non-hydrogen) atoms. The van der Waals surface area contributed by atoms with Crippen molar-refractivity contribution in [3.63, 3.8) is 0 Å². The van der Waals surface area contributed by atoms with Crippen molar-refractivity contribution in [2.24, 2.45) is 0 Å². The Bertz CT molecular complexity index is 584. The van der Waals surface area contributed by atoms with Gasteiger partial charge in [0, 0.05) is 22.8 Å². The second kappa shape index (κ2) is 7.14. The number of carbonyl (C=O) groups is 1. The summed E-state index contributed by atoms with van der Waals surface area (Å²) in [5.74, 6) is -0.378. The van der Waals surface area contributed by atoms with Crippen LogP contribution in [-0.4, -0.2) is 34.6 Å². The van der Waals surface area contributed by atoms with E-state index >= 15 is 0 Å². The number of carboxylic acid groups (broad SMARTS) is 1. The summed E-state index contributed by atoms with van der Waals surface area (Å²) in [6, 6.07) is 1.94. The van der Waals surface area contributed by atoms with E-state index in [4.69, 9.17) is 4.74 Å². The quantitative estimate of drug-likeness (QED) is 0.799. The first-order valence-corrected chi connectivity index (χ1v) is 9.05. The number of aromatic carboxylic acids is 1. The van der Waals surface area contributed by atoms with Crippen molar-refractivity contribution in [3.05, 3.63) is 22.8 Å². The van der Waals surface area contributed by atoms with Crippen LogP contribution in [0.15, 0.2) is 11.0 Å². The Morgan fingerprint density at radius 1 is 1.39 bits per heavy atom. The van der Waals surface area contributed by atoms with E-state index in [0.29, 0.717) is 11.1 Å². The van der Waals surface area contributed by atoms with Gasteiger partial charge in [-0.25, -0.2) is 4.79 Å². The van der Waals surface area contributed by atoms with Gasteiger partial charge in [0.15, 0.2) is 0 Å². The molecule has 0 spiro atoms. The Hall–Kier alpha value is -1.20. The van der Waals surface area contributed by atoms with E-state index in [1.165, 1.54) is 6.42 Å². The van der Waals surface area contributed by atoms with Gasteiger partial charge in [0.1, 0.15) is 11.3 Å². The fourth-order valence-corrected chi connectivity index (χ4v) is 4.00. The van der Waals surface area contributed by atoms with Crippen molar-refractivity contribution in [2.75, 3.05) is 12.4 Å². The molecule has 128 valence electrons. The molecule has 4 nitrogen and oxygen atoms in total. The maximum Gasteiger partial charge on any atom is 0.339 e. The van der Waals surface area contributed by atoms with Gasteiger partial charge in [0.2, 0.25) is 0 Å². The molecule has 1 saturated heterocycles. The van der Waals surface area contributed by atoms with Gasteiger partial charge in [-0.3, -0.25) is 0 Å². The first kappa shape index (κ1) is 18.1. The summed E-state index contributed by atoms with van der Waals surface area (Å²) in [6.45, 7) is 8.50. The van der Waals surface area contributed by atoms with Crippen LogP contribution in [-0.2, 0) is 10.2 Å². The van der Waals surface area contributed by atoms with Crippen LogP contribution in [0.2, 0.25) is 0 Å². The predicted octanol–water partition coefficient (Wildman–Crippen LogP) is 4.36. The lowest BCUT2D eigenvalue weighted by Crippen LogP contribution is -2.21. The Kier molecular flexibility index (Phi) is 5.63. The number of carboxylic acids is 1. The first-order chi connectivity index (χ1) is 10.7. The van der Waals surface area contributed by atoms with Crippen LogP contribution in [0.1, 0.15) is 61.5 Å². The Morgan fingerprint density at radius 3 is 2.61 bits per heavy atom. The average molecular weight is 338 g/mol. The van der Waals surface area contributed by atoms with E-state index in [1.54, 1.807) is 18.7 Å². The summed E-state index contributed by atoms with van der Waals surface area (Å²) in [4.78, 5) is 12.5. The highest BCUT2D eigenvalue weighted by Gasteiger charge is 2.27. The second-order valence-electron chi connectivity index (χ2n) is 7.13.